The van der Waals surface area contributed by atoms with Gasteiger partial charge >= 0.3 is 0 Å². The second-order valence-electron chi connectivity index (χ2n) is 4.46. The van der Waals surface area contributed by atoms with Crippen molar-refractivity contribution in [1.82, 2.24) is 9.44 Å². The molecular weight excluding hydrogens is 234 g/mol. The lowest BCUT2D eigenvalue weighted by molar-refractivity contribution is 0.496. The van der Waals surface area contributed by atoms with Crippen LogP contribution in [0.1, 0.15) is 26.7 Å². The van der Waals surface area contributed by atoms with Gasteiger partial charge in [0.2, 0.25) is 0 Å². The van der Waals surface area contributed by atoms with Gasteiger partial charge in [-0.15, -0.1) is 0 Å². The number of rotatable bonds is 6. The molecule has 0 aromatic rings. The number of hydrogen-bond donors (Lipinski definition) is 3. The Bertz CT molecular complexity index is 347. The molecule has 0 saturated heterocycles. The quantitative estimate of drug-likeness (QED) is 0.575. The van der Waals surface area contributed by atoms with Crippen LogP contribution in [0.15, 0.2) is 0 Å². The van der Waals surface area contributed by atoms with Crippen LogP contribution >= 0.6 is 12.2 Å². The molecule has 4 N–H and O–H groups in total. The Balaban J connectivity index is 2.44. The Morgan fingerprint density at radius 1 is 1.53 bits per heavy atom. The van der Waals surface area contributed by atoms with Gasteiger partial charge in [-0.2, -0.15) is 13.1 Å². The van der Waals surface area contributed by atoms with Gasteiger partial charge in [0, 0.05) is 18.0 Å². The van der Waals surface area contributed by atoms with E-state index in [0.29, 0.717) is 4.99 Å². The molecule has 15 heavy (non-hydrogen) atoms. The number of hydrogen-bond acceptors (Lipinski definition) is 3. The zero-order valence-corrected chi connectivity index (χ0v) is 10.5. The summed E-state index contributed by atoms with van der Waals surface area (Å²) in [6.07, 6.45) is 1.83. The lowest BCUT2D eigenvalue weighted by Crippen LogP contribution is -2.45. The Hall–Kier alpha value is -0.240. The number of thiocarbonyl (C=S) groups is 1. The summed E-state index contributed by atoms with van der Waals surface area (Å²) in [5.41, 5.74) is 4.98. The van der Waals surface area contributed by atoms with Gasteiger partial charge in [-0.05, 0) is 12.8 Å². The Morgan fingerprint density at radius 2 is 2.07 bits per heavy atom. The highest BCUT2D eigenvalue weighted by atomic mass is 32.2. The summed E-state index contributed by atoms with van der Waals surface area (Å²) in [6, 6.07) is 0.107. The highest BCUT2D eigenvalue weighted by molar-refractivity contribution is 7.87. The zero-order valence-electron chi connectivity index (χ0n) is 8.91. The van der Waals surface area contributed by atoms with Crippen LogP contribution in [-0.2, 0) is 10.2 Å². The maximum Gasteiger partial charge on any atom is 0.277 e. The average Bonchev–Trinajstić information content (AvgIpc) is 2.84. The van der Waals surface area contributed by atoms with E-state index in [4.69, 9.17) is 18.0 Å². The summed E-state index contributed by atoms with van der Waals surface area (Å²) in [5, 5.41) is 0. The van der Waals surface area contributed by atoms with Crippen molar-refractivity contribution in [1.29, 1.82) is 0 Å². The smallest absolute Gasteiger partial charge is 0.277 e. The standard InChI is InChI=1S/C8H17N3O2S2/c1-8(2,7(9)14)5-10-15(12,13)11-6-3-4-6/h6,10-11H,3-5H2,1-2H3,(H2,9,14). The first-order valence-electron chi connectivity index (χ1n) is 4.80. The van der Waals surface area contributed by atoms with Crippen LogP contribution in [0.4, 0.5) is 0 Å². The van der Waals surface area contributed by atoms with Gasteiger partial charge in [0.25, 0.3) is 10.2 Å². The summed E-state index contributed by atoms with van der Waals surface area (Å²) in [7, 11) is -3.40. The van der Waals surface area contributed by atoms with E-state index in [1.165, 1.54) is 0 Å². The van der Waals surface area contributed by atoms with E-state index in [0.717, 1.165) is 12.8 Å². The van der Waals surface area contributed by atoms with Crippen molar-refractivity contribution in [3.8, 4) is 0 Å². The Morgan fingerprint density at radius 3 is 2.47 bits per heavy atom. The molecule has 1 aliphatic rings. The lowest BCUT2D eigenvalue weighted by Gasteiger charge is -2.23. The minimum Gasteiger partial charge on any atom is -0.393 e. The summed E-state index contributed by atoms with van der Waals surface area (Å²) in [5.74, 6) is 0. The molecule has 0 unspecified atom stereocenters. The molecule has 88 valence electrons. The summed E-state index contributed by atoms with van der Waals surface area (Å²) >= 11 is 4.84. The molecule has 0 aliphatic heterocycles. The van der Waals surface area contributed by atoms with E-state index < -0.39 is 15.6 Å². The van der Waals surface area contributed by atoms with Gasteiger partial charge in [-0.1, -0.05) is 26.1 Å². The van der Waals surface area contributed by atoms with Gasteiger partial charge in [-0.25, -0.2) is 4.72 Å². The van der Waals surface area contributed by atoms with Crippen molar-refractivity contribution in [2.24, 2.45) is 11.1 Å². The van der Waals surface area contributed by atoms with Crippen LogP contribution in [-0.4, -0.2) is 26.0 Å². The predicted molar refractivity (Wildman–Crippen MR) is 63.6 cm³/mol. The molecule has 0 atom stereocenters. The molecule has 1 rings (SSSR count). The van der Waals surface area contributed by atoms with Crippen molar-refractivity contribution >= 4 is 27.4 Å². The van der Waals surface area contributed by atoms with Crippen LogP contribution in [0.25, 0.3) is 0 Å². The van der Waals surface area contributed by atoms with Crippen LogP contribution in [0.3, 0.4) is 0 Å². The molecule has 7 heteroatoms. The van der Waals surface area contributed by atoms with E-state index >= 15 is 0 Å². The molecule has 0 spiro atoms. The fourth-order valence-electron chi connectivity index (χ4n) is 0.825. The monoisotopic (exact) mass is 251 g/mol. The van der Waals surface area contributed by atoms with E-state index in [1.807, 2.05) is 0 Å². The molecule has 1 fully saturated rings. The molecule has 0 heterocycles. The molecule has 1 saturated carbocycles. The number of nitrogens with two attached hydrogens (primary N) is 1. The minimum atomic E-state index is -3.40. The molecule has 0 aromatic heterocycles. The number of nitrogens with one attached hydrogen (secondary N) is 2. The molecular formula is C8H17N3O2S2. The van der Waals surface area contributed by atoms with Crippen molar-refractivity contribution in [2.75, 3.05) is 6.54 Å². The van der Waals surface area contributed by atoms with Crippen molar-refractivity contribution in [3.05, 3.63) is 0 Å². The van der Waals surface area contributed by atoms with E-state index in [9.17, 15) is 8.42 Å². The molecule has 5 nitrogen and oxygen atoms in total. The van der Waals surface area contributed by atoms with Crippen molar-refractivity contribution in [2.45, 2.75) is 32.7 Å². The first-order chi connectivity index (χ1) is 6.73. The fraction of sp³-hybridized carbons (Fsp3) is 0.875. The van der Waals surface area contributed by atoms with Crippen molar-refractivity contribution < 1.29 is 8.42 Å². The summed E-state index contributed by atoms with van der Waals surface area (Å²) in [4.78, 5) is 0.302. The Kier molecular flexibility index (Phi) is 3.70. The third-order valence-corrected chi connectivity index (χ3v) is 3.99. The topological polar surface area (TPSA) is 84.2 Å². The normalized spacial score (nSPS) is 17.7. The minimum absolute atomic E-state index is 0.107. The van der Waals surface area contributed by atoms with Crippen LogP contribution < -0.4 is 15.2 Å². The van der Waals surface area contributed by atoms with Gasteiger partial charge in [-0.3, -0.25) is 0 Å². The SMILES string of the molecule is CC(C)(CNS(=O)(=O)NC1CC1)C(N)=S. The average molecular weight is 251 g/mol. The van der Waals surface area contributed by atoms with E-state index in [1.54, 1.807) is 13.8 Å². The van der Waals surface area contributed by atoms with Crippen LogP contribution in [0, 0.1) is 5.41 Å². The third-order valence-electron chi connectivity index (χ3n) is 2.27. The molecule has 1 aliphatic carbocycles. The zero-order chi connectivity index (χ0) is 11.7. The molecule has 0 radical (unpaired) electrons. The van der Waals surface area contributed by atoms with Gasteiger partial charge in [0.1, 0.15) is 0 Å². The first kappa shape index (κ1) is 12.8. The predicted octanol–water partition coefficient (Wildman–Crippen LogP) is -0.115. The van der Waals surface area contributed by atoms with Crippen molar-refractivity contribution in [3.63, 3.8) is 0 Å². The highest BCUT2D eigenvalue weighted by Gasteiger charge is 2.29. The first-order valence-corrected chi connectivity index (χ1v) is 6.69. The lowest BCUT2D eigenvalue weighted by atomic mass is 9.94. The summed E-state index contributed by atoms with van der Waals surface area (Å²) < 4.78 is 27.9. The van der Waals surface area contributed by atoms with Crippen LogP contribution in [0.2, 0.25) is 0 Å². The molecule has 0 bridgehead atoms. The summed E-state index contributed by atoms with van der Waals surface area (Å²) in [6.45, 7) is 3.81. The maximum absolute atomic E-state index is 11.4. The van der Waals surface area contributed by atoms with E-state index in [-0.39, 0.29) is 12.6 Å². The van der Waals surface area contributed by atoms with Gasteiger partial charge < -0.3 is 5.73 Å². The Labute approximate surface area is 96.0 Å². The third kappa shape index (κ3) is 4.42. The maximum atomic E-state index is 11.4. The molecule has 0 amide bonds. The highest BCUT2D eigenvalue weighted by Crippen LogP contribution is 2.19. The van der Waals surface area contributed by atoms with Crippen LogP contribution in [0.5, 0.6) is 0 Å². The largest absolute Gasteiger partial charge is 0.393 e. The van der Waals surface area contributed by atoms with Gasteiger partial charge in [0.05, 0.1) is 4.99 Å². The van der Waals surface area contributed by atoms with E-state index in [2.05, 4.69) is 9.44 Å². The second-order valence-corrected chi connectivity index (χ2v) is 6.44. The fourth-order valence-corrected chi connectivity index (χ4v) is 2.21. The molecule has 0 aromatic carbocycles. The second kappa shape index (κ2) is 4.32. The van der Waals surface area contributed by atoms with Gasteiger partial charge in [0.15, 0.2) is 0 Å².